The van der Waals surface area contributed by atoms with Crippen molar-refractivity contribution >= 4 is 5.91 Å². The van der Waals surface area contributed by atoms with Crippen molar-refractivity contribution in [2.45, 2.75) is 351 Å². The number of aliphatic hydroxyl groups is 8. The summed E-state index contributed by atoms with van der Waals surface area (Å²) < 4.78 is 22.8. The molecular weight excluding hydrogens is 1030 g/mol. The van der Waals surface area contributed by atoms with Gasteiger partial charge in [0.15, 0.2) is 12.6 Å². The fourth-order valence-corrected chi connectivity index (χ4v) is 10.9. The van der Waals surface area contributed by atoms with Gasteiger partial charge in [0.25, 0.3) is 0 Å². The van der Waals surface area contributed by atoms with Gasteiger partial charge in [-0.3, -0.25) is 4.79 Å². The number of amides is 1. The minimum absolute atomic E-state index is 0.250. The maximum Gasteiger partial charge on any atom is 0.220 e. The molecule has 2 fully saturated rings. The van der Waals surface area contributed by atoms with Crippen molar-refractivity contribution in [1.82, 2.24) is 5.32 Å². The van der Waals surface area contributed by atoms with Crippen LogP contribution in [0.25, 0.3) is 0 Å². The molecule has 1 amide bonds. The van der Waals surface area contributed by atoms with E-state index in [-0.39, 0.29) is 18.9 Å². The molecule has 0 spiro atoms. The molecule has 0 bridgehead atoms. The van der Waals surface area contributed by atoms with E-state index < -0.39 is 86.8 Å². The van der Waals surface area contributed by atoms with E-state index in [1.807, 2.05) is 6.08 Å². The highest BCUT2D eigenvalue weighted by Gasteiger charge is 2.51. The predicted octanol–water partition coefficient (Wildman–Crippen LogP) is 12.7. The first-order valence-electron chi connectivity index (χ1n) is 33.4. The van der Waals surface area contributed by atoms with E-state index in [0.717, 1.165) is 70.6 Å². The predicted molar refractivity (Wildman–Crippen MR) is 327 cm³/mol. The van der Waals surface area contributed by atoms with Crippen molar-refractivity contribution in [3.8, 4) is 0 Å². The molecule has 2 aliphatic heterocycles. The molecule has 9 N–H and O–H groups in total. The molecule has 12 unspecified atom stereocenters. The summed E-state index contributed by atoms with van der Waals surface area (Å²) in [7, 11) is 0. The molecule has 2 rings (SSSR count). The molecule has 14 heteroatoms. The summed E-state index contributed by atoms with van der Waals surface area (Å²) in [6.45, 7) is 2.81. The third-order valence-electron chi connectivity index (χ3n) is 16.3. The number of carbonyl (C=O) groups is 1. The van der Waals surface area contributed by atoms with E-state index in [0.29, 0.717) is 6.42 Å². The minimum Gasteiger partial charge on any atom is -0.394 e. The third kappa shape index (κ3) is 37.2. The summed E-state index contributed by atoms with van der Waals surface area (Å²) in [5.41, 5.74) is 0. The van der Waals surface area contributed by atoms with Crippen LogP contribution in [0.15, 0.2) is 48.6 Å². The lowest BCUT2D eigenvalue weighted by atomic mass is 9.97. The number of aliphatic hydroxyl groups excluding tert-OH is 8. The molecule has 14 nitrogen and oxygen atoms in total. The van der Waals surface area contributed by atoms with Crippen LogP contribution in [0.5, 0.6) is 0 Å². The van der Waals surface area contributed by atoms with Crippen LogP contribution in [-0.4, -0.2) is 140 Å². The van der Waals surface area contributed by atoms with Crippen LogP contribution in [0.1, 0.15) is 277 Å². The van der Waals surface area contributed by atoms with Crippen molar-refractivity contribution in [3.63, 3.8) is 0 Å². The van der Waals surface area contributed by atoms with Gasteiger partial charge in [-0.15, -0.1) is 0 Å². The molecule has 0 aromatic heterocycles. The summed E-state index contributed by atoms with van der Waals surface area (Å²) >= 11 is 0. The van der Waals surface area contributed by atoms with Gasteiger partial charge in [-0.25, -0.2) is 0 Å². The van der Waals surface area contributed by atoms with Crippen molar-refractivity contribution in [3.05, 3.63) is 48.6 Å². The minimum atomic E-state index is -1.79. The lowest BCUT2D eigenvalue weighted by molar-refractivity contribution is -0.359. The van der Waals surface area contributed by atoms with Gasteiger partial charge in [0.05, 0.1) is 32.0 Å². The maximum atomic E-state index is 13.3. The summed E-state index contributed by atoms with van der Waals surface area (Å²) in [5, 5.41) is 87.3. The molecule has 2 saturated heterocycles. The van der Waals surface area contributed by atoms with E-state index in [2.05, 4.69) is 55.6 Å². The number of carbonyl (C=O) groups excluding carboxylic acids is 1. The lowest BCUT2D eigenvalue weighted by Gasteiger charge is -2.46. The van der Waals surface area contributed by atoms with Gasteiger partial charge in [0, 0.05) is 6.42 Å². The number of rotatable bonds is 54. The summed E-state index contributed by atoms with van der Waals surface area (Å²) in [6.07, 6.45) is 50.1. The van der Waals surface area contributed by atoms with Crippen molar-refractivity contribution in [1.29, 1.82) is 0 Å². The van der Waals surface area contributed by atoms with Crippen LogP contribution in [0, 0.1) is 0 Å². The van der Waals surface area contributed by atoms with Gasteiger partial charge in [-0.2, -0.15) is 0 Å². The van der Waals surface area contributed by atoms with Gasteiger partial charge < -0.3 is 65.1 Å². The SMILES string of the molecule is CCCCCCC/C=C\C/C=C\C/C=C\CCCCCCCCC(=O)NC(COC1OC(CO)C(OC2OC(CO)C(O)C(O)C2O)C(O)C1O)C(O)/C=C/CCCCCCCCCCCCCCCCCCCCCCCCCC. The zero-order chi connectivity index (χ0) is 58.8. The molecular formula is C67H123NO13. The number of hydrogen-bond donors (Lipinski definition) is 9. The fourth-order valence-electron chi connectivity index (χ4n) is 10.9. The number of nitrogens with one attached hydrogen (secondary N) is 1. The fraction of sp³-hybridized carbons (Fsp3) is 0.866. The highest BCUT2D eigenvalue weighted by Crippen LogP contribution is 2.30. The van der Waals surface area contributed by atoms with Crippen LogP contribution >= 0.6 is 0 Å². The van der Waals surface area contributed by atoms with Crippen LogP contribution in [0.4, 0.5) is 0 Å². The first-order valence-corrected chi connectivity index (χ1v) is 33.4. The maximum absolute atomic E-state index is 13.3. The Labute approximate surface area is 493 Å². The third-order valence-corrected chi connectivity index (χ3v) is 16.3. The van der Waals surface area contributed by atoms with Crippen LogP contribution in [0.2, 0.25) is 0 Å². The Morgan fingerprint density at radius 3 is 1.25 bits per heavy atom. The van der Waals surface area contributed by atoms with Gasteiger partial charge in [-0.05, 0) is 57.8 Å². The topological polar surface area (TPSA) is 228 Å². The Morgan fingerprint density at radius 1 is 0.444 bits per heavy atom. The number of hydrogen-bond acceptors (Lipinski definition) is 13. The average Bonchev–Trinajstić information content (AvgIpc) is 3.47. The molecule has 0 aromatic rings. The van der Waals surface area contributed by atoms with Crippen molar-refractivity contribution in [2.75, 3.05) is 19.8 Å². The molecule has 474 valence electrons. The summed E-state index contributed by atoms with van der Waals surface area (Å²) in [4.78, 5) is 13.3. The molecule has 2 aliphatic rings. The molecule has 0 saturated carbocycles. The highest BCUT2D eigenvalue weighted by molar-refractivity contribution is 5.76. The second-order valence-electron chi connectivity index (χ2n) is 23.6. The lowest BCUT2D eigenvalue weighted by Crippen LogP contribution is -2.65. The summed E-state index contributed by atoms with van der Waals surface area (Å²) in [5.74, 6) is -0.250. The second kappa shape index (κ2) is 52.3. The second-order valence-corrected chi connectivity index (χ2v) is 23.6. The first-order chi connectivity index (χ1) is 39.6. The van der Waals surface area contributed by atoms with Crippen LogP contribution in [-0.2, 0) is 23.7 Å². The average molecular weight is 1150 g/mol. The highest BCUT2D eigenvalue weighted by atomic mass is 16.7. The van der Waals surface area contributed by atoms with Crippen molar-refractivity contribution in [2.24, 2.45) is 0 Å². The monoisotopic (exact) mass is 1150 g/mol. The first kappa shape index (κ1) is 75.0. The van der Waals surface area contributed by atoms with Gasteiger partial charge >= 0.3 is 0 Å². The molecule has 81 heavy (non-hydrogen) atoms. The Morgan fingerprint density at radius 2 is 0.815 bits per heavy atom. The smallest absolute Gasteiger partial charge is 0.220 e. The van der Waals surface area contributed by atoms with E-state index in [1.54, 1.807) is 6.08 Å². The zero-order valence-electron chi connectivity index (χ0n) is 51.3. The van der Waals surface area contributed by atoms with E-state index in [9.17, 15) is 45.6 Å². The normalized spacial score (nSPS) is 24.4. The zero-order valence-corrected chi connectivity index (χ0v) is 51.3. The van der Waals surface area contributed by atoms with E-state index in [4.69, 9.17) is 18.9 Å². The molecule has 2 heterocycles. The standard InChI is InChI=1S/C67H123NO13/c1-3-5-7-9-11-13-15-17-19-21-23-25-26-27-28-29-31-32-34-36-38-40-42-44-46-48-50-56(71)55(54-78-66-64(77)62(75)65(58(53-70)80-66)81-67-63(76)61(74)60(73)57(52-69)79-67)68-59(72)51-49-47-45-43-41-39-37-35-33-30-24-22-20-18-16-14-12-10-8-6-4-2/h16,18,22,24,33,35,48,50,55-58,60-67,69-71,73-77H,3-15,17,19-21,23,25-32,34,36-47,49,51-54H2,1-2H3,(H,68,72)/b18-16-,24-22-,35-33-,50-48+. The molecule has 0 aromatic carbocycles. The molecule has 0 radical (unpaired) electrons. The Balaban J connectivity index is 1.72. The molecule has 0 aliphatic carbocycles. The number of allylic oxidation sites excluding steroid dienone is 7. The van der Waals surface area contributed by atoms with E-state index in [1.165, 1.54) is 180 Å². The van der Waals surface area contributed by atoms with Gasteiger partial charge in [0.1, 0.15) is 48.8 Å². The van der Waals surface area contributed by atoms with Crippen molar-refractivity contribution < 1.29 is 64.6 Å². The van der Waals surface area contributed by atoms with Crippen LogP contribution in [0.3, 0.4) is 0 Å². The molecule has 12 atom stereocenters. The Hall–Kier alpha value is -2.05. The Bertz CT molecular complexity index is 1540. The van der Waals surface area contributed by atoms with Crippen LogP contribution < -0.4 is 5.32 Å². The number of unbranched alkanes of at least 4 members (excludes halogenated alkanes) is 35. The van der Waals surface area contributed by atoms with Gasteiger partial charge in [-0.1, -0.05) is 262 Å². The van der Waals surface area contributed by atoms with E-state index >= 15 is 0 Å². The van der Waals surface area contributed by atoms with Gasteiger partial charge in [0.2, 0.25) is 5.91 Å². The Kier molecular flexibility index (Phi) is 48.5. The summed E-state index contributed by atoms with van der Waals surface area (Å²) in [6, 6.07) is -0.924. The number of ether oxygens (including phenoxy) is 4. The quantitative estimate of drug-likeness (QED) is 0.0204. The largest absolute Gasteiger partial charge is 0.394 e.